The van der Waals surface area contributed by atoms with E-state index in [1.54, 1.807) is 12.1 Å². The third kappa shape index (κ3) is 3.45. The molecule has 0 bridgehead atoms. The Morgan fingerprint density at radius 2 is 2.06 bits per heavy atom. The predicted octanol–water partition coefficient (Wildman–Crippen LogP) is 3.33. The van der Waals surface area contributed by atoms with Crippen molar-refractivity contribution in [3.8, 4) is 5.75 Å². The van der Waals surface area contributed by atoms with Crippen LogP contribution >= 0.6 is 0 Å². The molecule has 1 rings (SSSR count). The van der Waals surface area contributed by atoms with Gasteiger partial charge in [-0.25, -0.2) is 0 Å². The fourth-order valence-corrected chi connectivity index (χ4v) is 1.48. The van der Waals surface area contributed by atoms with E-state index in [0.29, 0.717) is 5.92 Å². The highest BCUT2D eigenvalue weighted by atomic mass is 19.3. The van der Waals surface area contributed by atoms with Crippen LogP contribution in [0.25, 0.3) is 0 Å². The first-order valence-electron chi connectivity index (χ1n) is 5.35. The van der Waals surface area contributed by atoms with Gasteiger partial charge in [0.15, 0.2) is 0 Å². The molecule has 1 aromatic rings. The number of nitrogens with two attached hydrogens (primary N) is 1. The van der Waals surface area contributed by atoms with Gasteiger partial charge in [0.2, 0.25) is 0 Å². The largest absolute Gasteiger partial charge is 0.435 e. The predicted molar refractivity (Wildman–Crippen MR) is 59.5 cm³/mol. The summed E-state index contributed by atoms with van der Waals surface area (Å²) >= 11 is 0. The SMILES string of the molecule is CCC(C)C(N)c1cccc(OC(F)F)c1. The van der Waals surface area contributed by atoms with Gasteiger partial charge in [-0.05, 0) is 23.6 Å². The van der Waals surface area contributed by atoms with Gasteiger partial charge in [-0.15, -0.1) is 0 Å². The fourth-order valence-electron chi connectivity index (χ4n) is 1.48. The number of ether oxygens (including phenoxy) is 1. The monoisotopic (exact) mass is 229 g/mol. The van der Waals surface area contributed by atoms with E-state index >= 15 is 0 Å². The molecule has 90 valence electrons. The molecular formula is C12H17F2NO. The van der Waals surface area contributed by atoms with Crippen molar-refractivity contribution in [2.75, 3.05) is 0 Å². The summed E-state index contributed by atoms with van der Waals surface area (Å²) in [5.74, 6) is 0.466. The molecule has 2 atom stereocenters. The third-order valence-corrected chi connectivity index (χ3v) is 2.73. The van der Waals surface area contributed by atoms with Crippen LogP contribution in [0.1, 0.15) is 31.9 Å². The van der Waals surface area contributed by atoms with E-state index in [2.05, 4.69) is 4.74 Å². The second kappa shape index (κ2) is 5.80. The van der Waals surface area contributed by atoms with Gasteiger partial charge >= 0.3 is 6.61 Å². The van der Waals surface area contributed by atoms with Crippen LogP contribution < -0.4 is 10.5 Å². The Morgan fingerprint density at radius 1 is 1.38 bits per heavy atom. The molecule has 0 amide bonds. The fraction of sp³-hybridized carbons (Fsp3) is 0.500. The highest BCUT2D eigenvalue weighted by Crippen LogP contribution is 2.25. The van der Waals surface area contributed by atoms with Crippen molar-refractivity contribution in [1.82, 2.24) is 0 Å². The van der Waals surface area contributed by atoms with Gasteiger partial charge in [0, 0.05) is 6.04 Å². The zero-order valence-electron chi connectivity index (χ0n) is 9.49. The Balaban J connectivity index is 2.81. The van der Waals surface area contributed by atoms with Gasteiger partial charge in [0.05, 0.1) is 0 Å². The molecule has 0 aliphatic rings. The van der Waals surface area contributed by atoms with E-state index in [-0.39, 0.29) is 11.8 Å². The first-order chi connectivity index (χ1) is 7.54. The van der Waals surface area contributed by atoms with Crippen LogP contribution in [0.4, 0.5) is 8.78 Å². The zero-order chi connectivity index (χ0) is 12.1. The molecule has 2 nitrogen and oxygen atoms in total. The molecule has 0 aliphatic heterocycles. The molecule has 0 aromatic heterocycles. The summed E-state index contributed by atoms with van der Waals surface area (Å²) in [6, 6.07) is 6.43. The standard InChI is InChI=1S/C12H17F2NO/c1-3-8(2)11(15)9-5-4-6-10(7-9)16-12(13)14/h4-8,11-12H,3,15H2,1-2H3. The molecule has 2 unspecified atom stereocenters. The molecule has 4 heteroatoms. The zero-order valence-corrected chi connectivity index (χ0v) is 9.49. The van der Waals surface area contributed by atoms with Gasteiger partial charge in [-0.1, -0.05) is 32.4 Å². The maximum atomic E-state index is 12.0. The maximum Gasteiger partial charge on any atom is 0.387 e. The lowest BCUT2D eigenvalue weighted by atomic mass is 9.93. The average molecular weight is 229 g/mol. The molecular weight excluding hydrogens is 212 g/mol. The lowest BCUT2D eigenvalue weighted by Gasteiger charge is -2.19. The molecule has 1 aromatic carbocycles. The molecule has 2 N–H and O–H groups in total. The minimum Gasteiger partial charge on any atom is -0.435 e. The van der Waals surface area contributed by atoms with Crippen molar-refractivity contribution in [3.05, 3.63) is 29.8 Å². The van der Waals surface area contributed by atoms with Crippen molar-refractivity contribution < 1.29 is 13.5 Å². The number of hydrogen-bond acceptors (Lipinski definition) is 2. The van der Waals surface area contributed by atoms with Crippen molar-refractivity contribution in [2.24, 2.45) is 11.7 Å². The van der Waals surface area contributed by atoms with Gasteiger partial charge in [-0.3, -0.25) is 0 Å². The number of alkyl halides is 2. The van der Waals surface area contributed by atoms with Crippen molar-refractivity contribution in [2.45, 2.75) is 32.9 Å². The molecule has 0 heterocycles. The van der Waals surface area contributed by atoms with Crippen LogP contribution in [0, 0.1) is 5.92 Å². The van der Waals surface area contributed by atoms with Crippen LogP contribution in [0.2, 0.25) is 0 Å². The second-order valence-corrected chi connectivity index (χ2v) is 3.86. The van der Waals surface area contributed by atoms with E-state index in [4.69, 9.17) is 5.73 Å². The number of benzene rings is 1. The van der Waals surface area contributed by atoms with Crippen LogP contribution in [-0.2, 0) is 0 Å². The van der Waals surface area contributed by atoms with Gasteiger partial charge in [0.25, 0.3) is 0 Å². The highest BCUT2D eigenvalue weighted by Gasteiger charge is 2.14. The van der Waals surface area contributed by atoms with E-state index in [1.807, 2.05) is 19.9 Å². The molecule has 0 radical (unpaired) electrons. The molecule has 0 fully saturated rings. The Bertz CT molecular complexity index is 331. The third-order valence-electron chi connectivity index (χ3n) is 2.73. The van der Waals surface area contributed by atoms with E-state index in [0.717, 1.165) is 12.0 Å². The summed E-state index contributed by atoms with van der Waals surface area (Å²) in [6.45, 7) is 1.28. The maximum absolute atomic E-state index is 12.0. The van der Waals surface area contributed by atoms with E-state index in [1.165, 1.54) is 6.07 Å². The lowest BCUT2D eigenvalue weighted by molar-refractivity contribution is -0.0499. The average Bonchev–Trinajstić information content (AvgIpc) is 2.26. The van der Waals surface area contributed by atoms with Crippen LogP contribution in [0.5, 0.6) is 5.75 Å². The van der Waals surface area contributed by atoms with Crippen LogP contribution in [0.15, 0.2) is 24.3 Å². The van der Waals surface area contributed by atoms with Crippen LogP contribution in [0.3, 0.4) is 0 Å². The quantitative estimate of drug-likeness (QED) is 0.840. The highest BCUT2D eigenvalue weighted by molar-refractivity contribution is 5.30. The molecule has 16 heavy (non-hydrogen) atoms. The summed E-state index contributed by atoms with van der Waals surface area (Å²) in [7, 11) is 0. The summed E-state index contributed by atoms with van der Waals surface area (Å²) in [5.41, 5.74) is 6.83. The van der Waals surface area contributed by atoms with Crippen molar-refractivity contribution in [3.63, 3.8) is 0 Å². The van der Waals surface area contributed by atoms with Gasteiger partial charge < -0.3 is 10.5 Å². The molecule has 0 saturated carbocycles. The number of halogens is 2. The minimum absolute atomic E-state index is 0.147. The molecule has 0 spiro atoms. The number of rotatable bonds is 5. The summed E-state index contributed by atoms with van der Waals surface area (Å²) in [6.07, 6.45) is 0.946. The molecule has 0 aliphatic carbocycles. The van der Waals surface area contributed by atoms with Gasteiger partial charge in [0.1, 0.15) is 5.75 Å². The summed E-state index contributed by atoms with van der Waals surface area (Å²) < 4.78 is 28.4. The summed E-state index contributed by atoms with van der Waals surface area (Å²) in [4.78, 5) is 0. The molecule has 0 saturated heterocycles. The lowest BCUT2D eigenvalue weighted by Crippen LogP contribution is -2.18. The van der Waals surface area contributed by atoms with Crippen molar-refractivity contribution in [1.29, 1.82) is 0 Å². The Kier molecular flexibility index (Phi) is 4.68. The van der Waals surface area contributed by atoms with Crippen LogP contribution in [-0.4, -0.2) is 6.61 Å². The normalized spacial score (nSPS) is 14.9. The summed E-state index contributed by atoms with van der Waals surface area (Å²) in [5, 5.41) is 0. The van der Waals surface area contributed by atoms with E-state index < -0.39 is 6.61 Å². The second-order valence-electron chi connectivity index (χ2n) is 3.86. The Hall–Kier alpha value is -1.16. The topological polar surface area (TPSA) is 35.2 Å². The smallest absolute Gasteiger partial charge is 0.387 e. The Morgan fingerprint density at radius 3 is 2.62 bits per heavy atom. The van der Waals surface area contributed by atoms with Gasteiger partial charge in [-0.2, -0.15) is 8.78 Å². The first-order valence-corrected chi connectivity index (χ1v) is 5.35. The van der Waals surface area contributed by atoms with E-state index in [9.17, 15) is 8.78 Å². The Labute approximate surface area is 94.4 Å². The number of hydrogen-bond donors (Lipinski definition) is 1. The minimum atomic E-state index is -2.80. The van der Waals surface area contributed by atoms with Crippen molar-refractivity contribution >= 4 is 0 Å². The first kappa shape index (κ1) is 12.9.